The molecule has 5 heteroatoms. The highest BCUT2D eigenvalue weighted by Crippen LogP contribution is 2.46. The second-order valence-corrected chi connectivity index (χ2v) is 8.32. The van der Waals surface area contributed by atoms with Gasteiger partial charge in [-0.05, 0) is 25.3 Å². The molecule has 0 radical (unpaired) electrons. The number of piperazine rings is 1. The van der Waals surface area contributed by atoms with E-state index in [9.17, 15) is 9.59 Å². The number of likely N-dealkylation sites (tertiary alicyclic amines) is 1. The molecule has 0 atom stereocenters. The van der Waals surface area contributed by atoms with E-state index >= 15 is 0 Å². The minimum atomic E-state index is -0.343. The van der Waals surface area contributed by atoms with Gasteiger partial charge in [0, 0.05) is 39.1 Å². The second kappa shape index (κ2) is 7.12. The molecule has 1 aromatic carbocycles. The molecule has 5 nitrogen and oxygen atoms in total. The summed E-state index contributed by atoms with van der Waals surface area (Å²) in [6.07, 6.45) is 4.42. The molecule has 3 aliphatic rings. The Bertz CT molecular complexity index is 688. The Morgan fingerprint density at radius 3 is 2.38 bits per heavy atom. The molecule has 2 heterocycles. The predicted molar refractivity (Wildman–Crippen MR) is 100 cm³/mol. The molecule has 0 aromatic heterocycles. The Balaban J connectivity index is 1.30. The van der Waals surface area contributed by atoms with Crippen LogP contribution in [0.2, 0.25) is 0 Å². The number of carbonyl (C=O) groups excluding carboxylic acids is 2. The first-order valence-electron chi connectivity index (χ1n) is 9.91. The predicted octanol–water partition coefficient (Wildman–Crippen LogP) is 2.39. The van der Waals surface area contributed by atoms with Crippen LogP contribution in [0.5, 0.6) is 0 Å². The van der Waals surface area contributed by atoms with Gasteiger partial charge in [0.25, 0.3) is 0 Å². The summed E-state index contributed by atoms with van der Waals surface area (Å²) in [5, 5.41) is 0. The first-order valence-corrected chi connectivity index (χ1v) is 9.91. The van der Waals surface area contributed by atoms with Gasteiger partial charge in [0.15, 0.2) is 0 Å². The first kappa shape index (κ1) is 17.7. The highest BCUT2D eigenvalue weighted by molar-refractivity contribution is 6.06. The van der Waals surface area contributed by atoms with Crippen molar-refractivity contribution in [3.63, 3.8) is 0 Å². The monoisotopic (exact) mass is 355 g/mol. The summed E-state index contributed by atoms with van der Waals surface area (Å²) in [5.74, 6) is 0.140. The molecule has 26 heavy (non-hydrogen) atoms. The second-order valence-electron chi connectivity index (χ2n) is 8.32. The van der Waals surface area contributed by atoms with E-state index in [-0.39, 0.29) is 17.2 Å². The highest BCUT2D eigenvalue weighted by Gasteiger charge is 2.52. The lowest BCUT2D eigenvalue weighted by Gasteiger charge is -2.36. The zero-order chi connectivity index (χ0) is 18.1. The topological polar surface area (TPSA) is 43.9 Å². The smallest absolute Gasteiger partial charge is 0.237 e. The van der Waals surface area contributed by atoms with Crippen molar-refractivity contribution in [2.75, 3.05) is 32.8 Å². The third kappa shape index (κ3) is 3.42. The number of imide groups is 1. The molecule has 4 rings (SSSR count). The lowest BCUT2D eigenvalue weighted by atomic mass is 9.85. The fourth-order valence-corrected chi connectivity index (χ4v) is 4.80. The molecule has 140 valence electrons. The van der Waals surface area contributed by atoms with E-state index in [4.69, 9.17) is 0 Å². The Hall–Kier alpha value is -1.72. The van der Waals surface area contributed by atoms with Crippen molar-refractivity contribution in [3.05, 3.63) is 35.4 Å². The van der Waals surface area contributed by atoms with Crippen molar-refractivity contribution >= 4 is 11.8 Å². The van der Waals surface area contributed by atoms with Crippen LogP contribution in [-0.4, -0.2) is 59.4 Å². The van der Waals surface area contributed by atoms with Gasteiger partial charge in [0.2, 0.25) is 11.8 Å². The van der Waals surface area contributed by atoms with Gasteiger partial charge in [-0.15, -0.1) is 0 Å². The molecular formula is C21H29N3O2. The van der Waals surface area contributed by atoms with Crippen LogP contribution in [-0.2, 0) is 16.1 Å². The summed E-state index contributed by atoms with van der Waals surface area (Å²) in [7, 11) is 0. The van der Waals surface area contributed by atoms with E-state index in [1.165, 1.54) is 11.1 Å². The molecule has 0 N–H and O–H groups in total. The molecule has 1 aromatic rings. The number of aryl methyl sites for hydroxylation is 1. The Labute approximate surface area is 155 Å². The van der Waals surface area contributed by atoms with Crippen molar-refractivity contribution in [2.24, 2.45) is 5.41 Å². The maximum atomic E-state index is 12.8. The fraction of sp³-hybridized carbons (Fsp3) is 0.619. The number of nitrogens with zero attached hydrogens (tertiary/aromatic N) is 3. The molecule has 2 amide bonds. The zero-order valence-electron chi connectivity index (χ0n) is 15.7. The molecule has 0 unspecified atom stereocenters. The van der Waals surface area contributed by atoms with Crippen LogP contribution < -0.4 is 0 Å². The fourth-order valence-electron chi connectivity index (χ4n) is 4.80. The molecule has 3 fully saturated rings. The Morgan fingerprint density at radius 1 is 1.00 bits per heavy atom. The van der Waals surface area contributed by atoms with Crippen molar-refractivity contribution in [1.29, 1.82) is 0 Å². The van der Waals surface area contributed by atoms with Crippen LogP contribution in [0.4, 0.5) is 0 Å². The van der Waals surface area contributed by atoms with E-state index in [2.05, 4.69) is 41.0 Å². The summed E-state index contributed by atoms with van der Waals surface area (Å²) < 4.78 is 0. The number of amides is 2. The number of rotatable bonds is 4. The molecule has 1 spiro atoms. The summed E-state index contributed by atoms with van der Waals surface area (Å²) in [4.78, 5) is 31.5. The number of carbonyl (C=O) groups is 2. The number of hydrogen-bond acceptors (Lipinski definition) is 4. The lowest BCUT2D eigenvalue weighted by molar-refractivity contribution is -0.144. The average Bonchev–Trinajstić information content (AvgIpc) is 3.18. The van der Waals surface area contributed by atoms with Gasteiger partial charge >= 0.3 is 0 Å². The van der Waals surface area contributed by atoms with Crippen molar-refractivity contribution in [2.45, 2.75) is 45.6 Å². The third-order valence-electron chi connectivity index (χ3n) is 6.35. The molecule has 1 aliphatic carbocycles. The summed E-state index contributed by atoms with van der Waals surface area (Å²) in [6.45, 7) is 7.37. The van der Waals surface area contributed by atoms with Crippen molar-refractivity contribution < 1.29 is 9.59 Å². The molecule has 2 aliphatic heterocycles. The van der Waals surface area contributed by atoms with Gasteiger partial charge in [-0.3, -0.25) is 24.3 Å². The van der Waals surface area contributed by atoms with Crippen LogP contribution >= 0.6 is 0 Å². The van der Waals surface area contributed by atoms with E-state index in [0.717, 1.165) is 58.4 Å². The zero-order valence-corrected chi connectivity index (χ0v) is 15.7. The van der Waals surface area contributed by atoms with E-state index < -0.39 is 0 Å². The maximum absolute atomic E-state index is 12.8. The normalized spacial score (nSPS) is 24.1. The van der Waals surface area contributed by atoms with Crippen LogP contribution in [0, 0.1) is 12.3 Å². The van der Waals surface area contributed by atoms with Gasteiger partial charge in [-0.1, -0.05) is 42.7 Å². The van der Waals surface area contributed by atoms with Crippen LogP contribution in [0.3, 0.4) is 0 Å². The molecular weight excluding hydrogens is 326 g/mol. The van der Waals surface area contributed by atoms with Gasteiger partial charge in [0.05, 0.1) is 12.1 Å². The van der Waals surface area contributed by atoms with E-state index in [1.807, 2.05) is 0 Å². The third-order valence-corrected chi connectivity index (χ3v) is 6.35. The quantitative estimate of drug-likeness (QED) is 0.778. The van der Waals surface area contributed by atoms with E-state index in [0.29, 0.717) is 13.1 Å². The summed E-state index contributed by atoms with van der Waals surface area (Å²) in [6, 6.07) is 8.67. The Kier molecular flexibility index (Phi) is 4.84. The Morgan fingerprint density at radius 2 is 1.69 bits per heavy atom. The van der Waals surface area contributed by atoms with Crippen molar-refractivity contribution in [1.82, 2.24) is 14.7 Å². The first-order chi connectivity index (χ1) is 12.6. The molecule has 0 bridgehead atoms. The minimum absolute atomic E-state index is 0.0408. The standard InChI is InChI=1S/C21H29N3O2/c1-17-5-4-6-18(13-17)15-22-9-11-23(12-10-22)16-24-19(25)14-21(20(24)26)7-2-3-8-21/h4-6,13H,2-3,7-12,14-16H2,1H3. The largest absolute Gasteiger partial charge is 0.297 e. The van der Waals surface area contributed by atoms with Gasteiger partial charge in [-0.25, -0.2) is 0 Å². The maximum Gasteiger partial charge on any atom is 0.237 e. The number of hydrogen-bond donors (Lipinski definition) is 0. The molecule has 2 saturated heterocycles. The molecule has 1 saturated carbocycles. The minimum Gasteiger partial charge on any atom is -0.297 e. The lowest BCUT2D eigenvalue weighted by Crippen LogP contribution is -2.51. The SMILES string of the molecule is Cc1cccc(CN2CCN(CN3C(=O)CC4(CCCC4)C3=O)CC2)c1. The van der Waals surface area contributed by atoms with Gasteiger partial charge in [0.1, 0.15) is 0 Å². The average molecular weight is 355 g/mol. The highest BCUT2D eigenvalue weighted by atomic mass is 16.2. The van der Waals surface area contributed by atoms with Crippen molar-refractivity contribution in [3.8, 4) is 0 Å². The summed E-state index contributed by atoms with van der Waals surface area (Å²) in [5.41, 5.74) is 2.31. The van der Waals surface area contributed by atoms with Crippen LogP contribution in [0.1, 0.15) is 43.2 Å². The van der Waals surface area contributed by atoms with Gasteiger partial charge < -0.3 is 0 Å². The van der Waals surface area contributed by atoms with Crippen LogP contribution in [0.25, 0.3) is 0 Å². The summed E-state index contributed by atoms with van der Waals surface area (Å²) >= 11 is 0. The van der Waals surface area contributed by atoms with Gasteiger partial charge in [-0.2, -0.15) is 0 Å². The number of benzene rings is 1. The van der Waals surface area contributed by atoms with Crippen LogP contribution in [0.15, 0.2) is 24.3 Å². The van der Waals surface area contributed by atoms with E-state index in [1.54, 1.807) is 4.90 Å².